The minimum Gasteiger partial charge on any atom is -0.387 e. The Hall–Kier alpha value is -1.57. The number of nitrogens with two attached hydrogens (primary N) is 1. The minimum atomic E-state index is 0.606. The van der Waals surface area contributed by atoms with Crippen LogP contribution in [0.3, 0.4) is 0 Å². The van der Waals surface area contributed by atoms with Gasteiger partial charge in [-0.05, 0) is 51.2 Å². The molecule has 0 radical (unpaired) electrons. The lowest BCUT2D eigenvalue weighted by Crippen LogP contribution is -2.08. The summed E-state index contributed by atoms with van der Waals surface area (Å²) in [4.78, 5) is 4.55. The summed E-state index contributed by atoms with van der Waals surface area (Å²) in [7, 11) is 0. The number of rotatable bonds is 4. The van der Waals surface area contributed by atoms with Gasteiger partial charge in [-0.25, -0.2) is 4.99 Å². The zero-order valence-corrected chi connectivity index (χ0v) is 13.0. The number of hydrogen-bond donors (Lipinski definition) is 1. The van der Waals surface area contributed by atoms with Crippen LogP contribution in [0.4, 0.5) is 0 Å². The molecule has 104 valence electrons. The van der Waals surface area contributed by atoms with Crippen molar-refractivity contribution in [1.82, 2.24) is 0 Å². The third-order valence-corrected chi connectivity index (χ3v) is 2.99. The van der Waals surface area contributed by atoms with Crippen LogP contribution in [0, 0.1) is 12.8 Å². The number of amidine groups is 1. The predicted molar refractivity (Wildman–Crippen MR) is 85.3 cm³/mol. The fourth-order valence-electron chi connectivity index (χ4n) is 2.27. The van der Waals surface area contributed by atoms with E-state index in [2.05, 4.69) is 57.8 Å². The Kier molecular flexibility index (Phi) is 5.34. The molecular weight excluding hydrogens is 232 g/mol. The Morgan fingerprint density at radius 3 is 2.32 bits per heavy atom. The lowest BCUT2D eigenvalue weighted by atomic mass is 9.92. The number of aryl methyl sites for hydroxylation is 1. The van der Waals surface area contributed by atoms with Gasteiger partial charge < -0.3 is 5.73 Å². The highest BCUT2D eigenvalue weighted by molar-refractivity contribution is 5.86. The first-order valence-corrected chi connectivity index (χ1v) is 6.90. The summed E-state index contributed by atoms with van der Waals surface area (Å²) in [6, 6.07) is 6.47. The monoisotopic (exact) mass is 258 g/mol. The molecule has 19 heavy (non-hydrogen) atoms. The van der Waals surface area contributed by atoms with Crippen LogP contribution >= 0.6 is 0 Å². The SMILES string of the molecule is CC(N)=NC(=C(C)C)c1c(C)cccc1CC(C)C. The highest BCUT2D eigenvalue weighted by Crippen LogP contribution is 2.28. The van der Waals surface area contributed by atoms with Crippen LogP contribution in [0.5, 0.6) is 0 Å². The smallest absolute Gasteiger partial charge is 0.0965 e. The molecule has 0 bridgehead atoms. The average Bonchev–Trinajstić information content (AvgIpc) is 2.25. The third-order valence-electron chi connectivity index (χ3n) is 2.99. The third kappa shape index (κ3) is 4.23. The molecule has 0 heterocycles. The molecule has 0 saturated carbocycles. The molecule has 0 aliphatic rings. The number of benzene rings is 1. The lowest BCUT2D eigenvalue weighted by molar-refractivity contribution is 0.646. The fraction of sp³-hybridized carbons (Fsp3) is 0.471. The molecule has 2 nitrogen and oxygen atoms in total. The van der Waals surface area contributed by atoms with Crippen molar-refractivity contribution in [2.45, 2.75) is 48.0 Å². The van der Waals surface area contributed by atoms with Gasteiger partial charge in [0.2, 0.25) is 0 Å². The van der Waals surface area contributed by atoms with Crippen LogP contribution in [-0.4, -0.2) is 5.84 Å². The normalized spacial score (nSPS) is 11.8. The molecule has 0 aliphatic carbocycles. The van der Waals surface area contributed by atoms with E-state index in [0.717, 1.165) is 12.1 Å². The summed E-state index contributed by atoms with van der Waals surface area (Å²) in [6.45, 7) is 12.6. The maximum absolute atomic E-state index is 5.79. The van der Waals surface area contributed by atoms with E-state index >= 15 is 0 Å². The fourth-order valence-corrected chi connectivity index (χ4v) is 2.27. The summed E-state index contributed by atoms with van der Waals surface area (Å²) < 4.78 is 0. The predicted octanol–water partition coefficient (Wildman–Crippen LogP) is 4.32. The van der Waals surface area contributed by atoms with Crippen LogP contribution in [0.15, 0.2) is 28.8 Å². The zero-order chi connectivity index (χ0) is 14.6. The van der Waals surface area contributed by atoms with E-state index in [0.29, 0.717) is 11.8 Å². The maximum Gasteiger partial charge on any atom is 0.0965 e. The van der Waals surface area contributed by atoms with E-state index in [-0.39, 0.29) is 0 Å². The summed E-state index contributed by atoms with van der Waals surface area (Å²) in [5, 5.41) is 0. The average molecular weight is 258 g/mol. The molecule has 0 saturated heterocycles. The summed E-state index contributed by atoms with van der Waals surface area (Å²) >= 11 is 0. The van der Waals surface area contributed by atoms with Crippen molar-refractivity contribution < 1.29 is 0 Å². The van der Waals surface area contributed by atoms with Gasteiger partial charge in [0, 0.05) is 5.56 Å². The molecule has 0 fully saturated rings. The van der Waals surface area contributed by atoms with E-state index in [1.54, 1.807) is 0 Å². The van der Waals surface area contributed by atoms with E-state index < -0.39 is 0 Å². The topological polar surface area (TPSA) is 38.4 Å². The second-order valence-corrected chi connectivity index (χ2v) is 5.81. The Morgan fingerprint density at radius 2 is 1.84 bits per heavy atom. The van der Waals surface area contributed by atoms with Gasteiger partial charge in [-0.2, -0.15) is 0 Å². The van der Waals surface area contributed by atoms with Gasteiger partial charge in [-0.1, -0.05) is 37.6 Å². The molecule has 0 unspecified atom stereocenters. The van der Waals surface area contributed by atoms with Gasteiger partial charge in [-0.3, -0.25) is 0 Å². The standard InChI is InChI=1S/C17H26N2/c1-11(2)10-15-9-7-8-13(5)16(15)17(12(3)4)19-14(6)18/h7-9,11H,10H2,1-6H3,(H2,18,19). The van der Waals surface area contributed by atoms with Crippen molar-refractivity contribution >= 4 is 11.5 Å². The lowest BCUT2D eigenvalue weighted by Gasteiger charge is -2.16. The Morgan fingerprint density at radius 1 is 1.21 bits per heavy atom. The van der Waals surface area contributed by atoms with Gasteiger partial charge in [0.1, 0.15) is 0 Å². The van der Waals surface area contributed by atoms with E-state index in [4.69, 9.17) is 5.73 Å². The van der Waals surface area contributed by atoms with Crippen LogP contribution in [0.25, 0.3) is 5.70 Å². The van der Waals surface area contributed by atoms with Gasteiger partial charge in [0.05, 0.1) is 11.5 Å². The number of aliphatic imine (C=N–C) groups is 1. The molecule has 1 rings (SSSR count). The zero-order valence-electron chi connectivity index (χ0n) is 13.0. The van der Waals surface area contributed by atoms with Crippen LogP contribution in [-0.2, 0) is 6.42 Å². The second kappa shape index (κ2) is 6.55. The Bertz CT molecular complexity index is 500. The minimum absolute atomic E-state index is 0.606. The van der Waals surface area contributed by atoms with Crippen molar-refractivity contribution in [3.8, 4) is 0 Å². The number of nitrogens with zero attached hydrogens (tertiary/aromatic N) is 1. The van der Waals surface area contributed by atoms with Crippen LogP contribution in [0.1, 0.15) is 51.3 Å². The number of hydrogen-bond acceptors (Lipinski definition) is 1. The molecule has 0 atom stereocenters. The molecule has 0 aliphatic heterocycles. The summed E-state index contributed by atoms with van der Waals surface area (Å²) in [5.74, 6) is 1.23. The van der Waals surface area contributed by atoms with Crippen molar-refractivity contribution in [1.29, 1.82) is 0 Å². The summed E-state index contributed by atoms with van der Waals surface area (Å²) in [5.41, 5.74) is 11.9. The van der Waals surface area contributed by atoms with E-state index in [9.17, 15) is 0 Å². The first-order chi connectivity index (χ1) is 8.82. The molecule has 1 aromatic carbocycles. The van der Waals surface area contributed by atoms with Crippen LogP contribution in [0.2, 0.25) is 0 Å². The Labute approximate surface area is 117 Å². The molecule has 0 aromatic heterocycles. The van der Waals surface area contributed by atoms with Crippen LogP contribution < -0.4 is 5.73 Å². The second-order valence-electron chi connectivity index (χ2n) is 5.81. The molecule has 2 heteroatoms. The molecule has 2 N–H and O–H groups in total. The maximum atomic E-state index is 5.79. The summed E-state index contributed by atoms with van der Waals surface area (Å²) in [6.07, 6.45) is 1.06. The van der Waals surface area contributed by atoms with E-state index in [1.165, 1.54) is 22.3 Å². The van der Waals surface area contributed by atoms with Gasteiger partial charge in [0.15, 0.2) is 0 Å². The van der Waals surface area contributed by atoms with Crippen molar-refractivity contribution in [2.75, 3.05) is 0 Å². The van der Waals surface area contributed by atoms with Crippen molar-refractivity contribution in [3.63, 3.8) is 0 Å². The van der Waals surface area contributed by atoms with Gasteiger partial charge >= 0.3 is 0 Å². The highest BCUT2D eigenvalue weighted by Gasteiger charge is 2.12. The molecule has 0 spiro atoms. The van der Waals surface area contributed by atoms with Gasteiger partial charge in [-0.15, -0.1) is 0 Å². The largest absolute Gasteiger partial charge is 0.387 e. The molecular formula is C17H26N2. The van der Waals surface area contributed by atoms with E-state index in [1.807, 2.05) is 6.92 Å². The number of allylic oxidation sites excluding steroid dienone is 1. The van der Waals surface area contributed by atoms with Crippen molar-refractivity contribution in [3.05, 3.63) is 40.5 Å². The van der Waals surface area contributed by atoms with Crippen molar-refractivity contribution in [2.24, 2.45) is 16.6 Å². The quantitative estimate of drug-likeness (QED) is 0.634. The highest BCUT2D eigenvalue weighted by atomic mass is 14.9. The first-order valence-electron chi connectivity index (χ1n) is 6.90. The molecule has 0 amide bonds. The van der Waals surface area contributed by atoms with Gasteiger partial charge in [0.25, 0.3) is 0 Å². The molecule has 1 aromatic rings. The Balaban J connectivity index is 3.46. The first kappa shape index (κ1) is 15.5.